The molecule has 0 saturated heterocycles. The Kier molecular flexibility index (Phi) is 5.39. The molecule has 6 heteroatoms. The summed E-state index contributed by atoms with van der Waals surface area (Å²) in [6.07, 6.45) is 8.82. The molecule has 2 heterocycles. The lowest BCUT2D eigenvalue weighted by molar-refractivity contribution is 0.249. The number of amides is 2. The zero-order valence-electron chi connectivity index (χ0n) is 16.2. The zero-order valence-corrected chi connectivity index (χ0v) is 17.0. The van der Waals surface area contributed by atoms with Crippen LogP contribution in [0.1, 0.15) is 41.8 Å². The number of nitrogens with one attached hydrogen (secondary N) is 2. The highest BCUT2D eigenvalue weighted by Crippen LogP contribution is 2.40. The van der Waals surface area contributed by atoms with Crippen molar-refractivity contribution >= 4 is 23.1 Å². The minimum Gasteiger partial charge on any atom is -0.495 e. The molecule has 3 aromatic rings. The van der Waals surface area contributed by atoms with Crippen LogP contribution in [0.4, 0.5) is 10.5 Å². The molecule has 2 aromatic heterocycles. The summed E-state index contributed by atoms with van der Waals surface area (Å²) in [5.74, 6) is 0.645. The van der Waals surface area contributed by atoms with Gasteiger partial charge in [0.2, 0.25) is 0 Å². The minimum absolute atomic E-state index is 0.0924. The molecular weight excluding hydrogens is 370 g/mol. The molecule has 2 N–H and O–H groups in total. The molecule has 0 unspecified atom stereocenters. The van der Waals surface area contributed by atoms with Gasteiger partial charge in [0, 0.05) is 22.8 Å². The summed E-state index contributed by atoms with van der Waals surface area (Å²) < 4.78 is 7.48. The Balaban J connectivity index is 1.58. The van der Waals surface area contributed by atoms with Crippen molar-refractivity contribution in [2.45, 2.75) is 38.6 Å². The van der Waals surface area contributed by atoms with Crippen LogP contribution in [0.5, 0.6) is 5.75 Å². The Morgan fingerprint density at radius 3 is 2.68 bits per heavy atom. The molecular formula is C22H25N3O2S. The highest BCUT2D eigenvalue weighted by Gasteiger charge is 2.26. The van der Waals surface area contributed by atoms with Crippen molar-refractivity contribution in [1.82, 2.24) is 9.88 Å². The monoisotopic (exact) mass is 395 g/mol. The number of urea groups is 1. The van der Waals surface area contributed by atoms with Gasteiger partial charge in [0.1, 0.15) is 10.8 Å². The van der Waals surface area contributed by atoms with Gasteiger partial charge in [-0.15, -0.1) is 11.3 Å². The predicted molar refractivity (Wildman–Crippen MR) is 114 cm³/mol. The molecule has 28 heavy (non-hydrogen) atoms. The average Bonchev–Trinajstić information content (AvgIpc) is 3.35. The standard InChI is InChI=1S/C22H25N3O2S/c1-15(23-22(26)24-17-10-4-5-11-18(17)27-2)20-16-9-3-6-12-19(16)28-21(20)25-13-7-8-14-25/h4-5,7-8,10-11,13-15H,3,6,9,12H2,1-2H3,(H2,23,24,26)/t15-/m1/s1. The first-order valence-electron chi connectivity index (χ1n) is 9.65. The van der Waals surface area contributed by atoms with E-state index in [0.29, 0.717) is 11.4 Å². The molecule has 1 aromatic carbocycles. The van der Waals surface area contributed by atoms with Gasteiger partial charge in [0.25, 0.3) is 0 Å². The third-order valence-electron chi connectivity index (χ3n) is 5.17. The van der Waals surface area contributed by atoms with E-state index in [1.807, 2.05) is 47.7 Å². The number of rotatable bonds is 5. The maximum atomic E-state index is 12.7. The normalized spacial score (nSPS) is 14.2. The number of methoxy groups -OCH3 is 1. The summed E-state index contributed by atoms with van der Waals surface area (Å²) in [5.41, 5.74) is 3.32. The fraction of sp³-hybridized carbons (Fsp3) is 0.318. The third-order valence-corrected chi connectivity index (χ3v) is 6.49. The van der Waals surface area contributed by atoms with Crippen LogP contribution in [-0.2, 0) is 12.8 Å². The summed E-state index contributed by atoms with van der Waals surface area (Å²) >= 11 is 1.86. The highest BCUT2D eigenvalue weighted by molar-refractivity contribution is 7.15. The molecule has 0 fully saturated rings. The Morgan fingerprint density at radius 1 is 1.14 bits per heavy atom. The average molecular weight is 396 g/mol. The van der Waals surface area contributed by atoms with Crippen LogP contribution in [0.25, 0.3) is 5.00 Å². The maximum Gasteiger partial charge on any atom is 0.319 e. The molecule has 0 saturated carbocycles. The number of fused-ring (bicyclic) bond motifs is 1. The molecule has 0 aliphatic heterocycles. The van der Waals surface area contributed by atoms with Crippen molar-refractivity contribution in [3.05, 3.63) is 64.8 Å². The fourth-order valence-electron chi connectivity index (χ4n) is 3.86. The number of thiophene rings is 1. The van der Waals surface area contributed by atoms with E-state index in [1.54, 1.807) is 7.11 Å². The van der Waals surface area contributed by atoms with Gasteiger partial charge in [-0.2, -0.15) is 0 Å². The van der Waals surface area contributed by atoms with E-state index in [0.717, 1.165) is 12.8 Å². The van der Waals surface area contributed by atoms with Crippen LogP contribution in [0.15, 0.2) is 48.8 Å². The van der Waals surface area contributed by atoms with Gasteiger partial charge in [-0.25, -0.2) is 4.79 Å². The van der Waals surface area contributed by atoms with E-state index in [9.17, 15) is 4.79 Å². The number of carbonyl (C=O) groups excluding carboxylic acids is 1. The van der Waals surface area contributed by atoms with Crippen molar-refractivity contribution in [3.63, 3.8) is 0 Å². The molecule has 1 aliphatic rings. The topological polar surface area (TPSA) is 55.3 Å². The summed E-state index contributed by atoms with van der Waals surface area (Å²) in [6.45, 7) is 2.06. The molecule has 146 valence electrons. The smallest absolute Gasteiger partial charge is 0.319 e. The van der Waals surface area contributed by atoms with Gasteiger partial charge in [-0.3, -0.25) is 0 Å². The van der Waals surface area contributed by atoms with Crippen molar-refractivity contribution < 1.29 is 9.53 Å². The summed E-state index contributed by atoms with van der Waals surface area (Å²) in [6, 6.07) is 11.2. The van der Waals surface area contributed by atoms with Crippen molar-refractivity contribution in [3.8, 4) is 10.8 Å². The van der Waals surface area contributed by atoms with E-state index in [2.05, 4.69) is 34.5 Å². The SMILES string of the molecule is COc1ccccc1NC(=O)N[C@H](C)c1c(-n2cccc2)sc2c1CCCC2. The number of carbonyl (C=O) groups is 1. The van der Waals surface area contributed by atoms with E-state index in [1.165, 1.54) is 33.8 Å². The lowest BCUT2D eigenvalue weighted by Gasteiger charge is -2.20. The van der Waals surface area contributed by atoms with E-state index in [-0.39, 0.29) is 12.1 Å². The summed E-state index contributed by atoms with van der Waals surface area (Å²) in [7, 11) is 1.60. The Hall–Kier alpha value is -2.73. The molecule has 0 radical (unpaired) electrons. The Morgan fingerprint density at radius 2 is 1.89 bits per heavy atom. The van der Waals surface area contributed by atoms with Crippen LogP contribution in [-0.4, -0.2) is 17.7 Å². The van der Waals surface area contributed by atoms with Gasteiger partial charge in [-0.05, 0) is 62.4 Å². The minimum atomic E-state index is -0.230. The fourth-order valence-corrected chi connectivity index (χ4v) is 5.31. The second kappa shape index (κ2) is 8.10. The molecule has 1 aliphatic carbocycles. The third kappa shape index (κ3) is 3.64. The number of aromatic nitrogens is 1. The quantitative estimate of drug-likeness (QED) is 0.615. The van der Waals surface area contributed by atoms with Crippen LogP contribution < -0.4 is 15.4 Å². The maximum absolute atomic E-state index is 12.7. The first kappa shape index (κ1) is 18.6. The predicted octanol–water partition coefficient (Wildman–Crippen LogP) is 5.31. The van der Waals surface area contributed by atoms with Crippen LogP contribution in [0.3, 0.4) is 0 Å². The molecule has 5 nitrogen and oxygen atoms in total. The van der Waals surface area contributed by atoms with Crippen LogP contribution >= 0.6 is 11.3 Å². The highest BCUT2D eigenvalue weighted by atomic mass is 32.1. The van der Waals surface area contributed by atoms with E-state index >= 15 is 0 Å². The first-order valence-corrected chi connectivity index (χ1v) is 10.5. The zero-order chi connectivity index (χ0) is 19.5. The van der Waals surface area contributed by atoms with Gasteiger partial charge < -0.3 is 19.9 Å². The first-order chi connectivity index (χ1) is 13.7. The second-order valence-electron chi connectivity index (χ2n) is 7.04. The number of hydrogen-bond acceptors (Lipinski definition) is 3. The van der Waals surface area contributed by atoms with Crippen molar-refractivity contribution in [2.75, 3.05) is 12.4 Å². The lowest BCUT2D eigenvalue weighted by atomic mass is 9.93. The molecule has 4 rings (SSSR count). The Bertz CT molecular complexity index is 962. The summed E-state index contributed by atoms with van der Waals surface area (Å²) in [5, 5.41) is 7.24. The lowest BCUT2D eigenvalue weighted by Crippen LogP contribution is -2.32. The molecule has 2 amide bonds. The number of hydrogen-bond donors (Lipinski definition) is 2. The number of benzene rings is 1. The van der Waals surface area contributed by atoms with Crippen molar-refractivity contribution in [2.24, 2.45) is 0 Å². The van der Waals surface area contributed by atoms with Gasteiger partial charge in [-0.1, -0.05) is 12.1 Å². The van der Waals surface area contributed by atoms with E-state index in [4.69, 9.17) is 4.74 Å². The summed E-state index contributed by atoms with van der Waals surface area (Å²) in [4.78, 5) is 14.1. The van der Waals surface area contributed by atoms with E-state index < -0.39 is 0 Å². The van der Waals surface area contributed by atoms with Gasteiger partial charge >= 0.3 is 6.03 Å². The Labute approximate surface area is 169 Å². The molecule has 0 bridgehead atoms. The van der Waals surface area contributed by atoms with Crippen LogP contribution in [0, 0.1) is 0 Å². The number of aryl methyl sites for hydroxylation is 1. The van der Waals surface area contributed by atoms with Crippen molar-refractivity contribution in [1.29, 1.82) is 0 Å². The largest absolute Gasteiger partial charge is 0.495 e. The number of ether oxygens (including phenoxy) is 1. The second-order valence-corrected chi connectivity index (χ2v) is 8.12. The molecule has 0 spiro atoms. The molecule has 1 atom stereocenters. The number of nitrogens with zero attached hydrogens (tertiary/aromatic N) is 1. The van der Waals surface area contributed by atoms with Crippen LogP contribution in [0.2, 0.25) is 0 Å². The number of para-hydroxylation sites is 2. The van der Waals surface area contributed by atoms with Gasteiger partial charge in [0.05, 0.1) is 18.8 Å². The number of anilines is 1. The van der Waals surface area contributed by atoms with Gasteiger partial charge in [0.15, 0.2) is 0 Å².